The van der Waals surface area contributed by atoms with Gasteiger partial charge in [-0.05, 0) is 54.8 Å². The molecule has 0 radical (unpaired) electrons. The summed E-state index contributed by atoms with van der Waals surface area (Å²) in [7, 11) is -3.43. The number of hydrogen-bond donors (Lipinski definition) is 1. The van der Waals surface area contributed by atoms with Crippen LogP contribution in [-0.2, 0) is 16.4 Å². The van der Waals surface area contributed by atoms with Gasteiger partial charge < -0.3 is 9.63 Å². The van der Waals surface area contributed by atoms with E-state index in [9.17, 15) is 13.5 Å². The van der Waals surface area contributed by atoms with Crippen molar-refractivity contribution in [3.8, 4) is 17.1 Å². The molecule has 4 rings (SSSR count). The molecule has 8 heteroatoms. The van der Waals surface area contributed by atoms with Crippen molar-refractivity contribution in [1.82, 2.24) is 14.4 Å². The molecule has 0 atom stereocenters. The van der Waals surface area contributed by atoms with Crippen molar-refractivity contribution in [1.29, 1.82) is 0 Å². The molecular weight excluding hydrogens is 378 g/mol. The highest BCUT2D eigenvalue weighted by Gasteiger charge is 2.25. The van der Waals surface area contributed by atoms with Crippen LogP contribution in [0.25, 0.3) is 11.4 Å². The fourth-order valence-electron chi connectivity index (χ4n) is 3.26. The summed E-state index contributed by atoms with van der Waals surface area (Å²) in [6.07, 6.45) is 3.33. The molecule has 28 heavy (non-hydrogen) atoms. The number of aromatic nitrogens is 2. The van der Waals surface area contributed by atoms with Gasteiger partial charge in [-0.1, -0.05) is 23.7 Å². The Kier molecular flexibility index (Phi) is 5.15. The molecule has 0 amide bonds. The van der Waals surface area contributed by atoms with Crippen LogP contribution in [0.4, 0.5) is 0 Å². The summed E-state index contributed by atoms with van der Waals surface area (Å²) >= 11 is 0. The molecule has 2 heterocycles. The van der Waals surface area contributed by atoms with Crippen molar-refractivity contribution in [3.05, 3.63) is 60.0 Å². The van der Waals surface area contributed by atoms with E-state index in [0.29, 0.717) is 36.1 Å². The van der Waals surface area contributed by atoms with Gasteiger partial charge >= 0.3 is 0 Å². The van der Waals surface area contributed by atoms with Gasteiger partial charge in [0.2, 0.25) is 21.7 Å². The number of hydrogen-bond acceptors (Lipinski definition) is 6. The van der Waals surface area contributed by atoms with Gasteiger partial charge in [-0.25, -0.2) is 8.42 Å². The number of phenols is 1. The first kappa shape index (κ1) is 18.6. The van der Waals surface area contributed by atoms with Gasteiger partial charge in [0.1, 0.15) is 5.75 Å². The minimum absolute atomic E-state index is 0.173. The molecule has 1 fully saturated rings. The van der Waals surface area contributed by atoms with Crippen molar-refractivity contribution in [2.24, 2.45) is 0 Å². The number of sulfonamides is 1. The molecule has 1 N–H and O–H groups in total. The standard InChI is InChI=1S/C20H21N3O4S/c24-17-8-6-16(7-9-17)20-21-19(27-22-20)14-15-4-10-18(11-5-15)28(25,26)23-12-2-1-3-13-23/h4-11,24H,1-3,12-14H2. The first-order valence-electron chi connectivity index (χ1n) is 9.23. The SMILES string of the molecule is O=S(=O)(c1ccc(Cc2nc(-c3ccc(O)cc3)no2)cc1)N1CCCCC1. The maximum atomic E-state index is 12.7. The lowest BCUT2D eigenvalue weighted by Gasteiger charge is -2.25. The van der Waals surface area contributed by atoms with Gasteiger partial charge in [0.15, 0.2) is 0 Å². The van der Waals surface area contributed by atoms with E-state index in [4.69, 9.17) is 4.52 Å². The number of aromatic hydroxyl groups is 1. The zero-order chi connectivity index (χ0) is 19.6. The van der Waals surface area contributed by atoms with Crippen LogP contribution < -0.4 is 0 Å². The number of rotatable bonds is 5. The molecule has 1 saturated heterocycles. The minimum Gasteiger partial charge on any atom is -0.508 e. The van der Waals surface area contributed by atoms with E-state index in [1.165, 1.54) is 0 Å². The summed E-state index contributed by atoms with van der Waals surface area (Å²) in [5, 5.41) is 13.3. The molecule has 0 unspecified atom stereocenters. The van der Waals surface area contributed by atoms with Gasteiger partial charge in [0, 0.05) is 18.7 Å². The summed E-state index contributed by atoms with van der Waals surface area (Å²) in [5.41, 5.74) is 1.63. The average molecular weight is 399 g/mol. The van der Waals surface area contributed by atoms with E-state index >= 15 is 0 Å². The fourth-order valence-corrected chi connectivity index (χ4v) is 4.78. The van der Waals surface area contributed by atoms with Crippen LogP contribution in [0.15, 0.2) is 57.9 Å². The normalized spacial score (nSPS) is 15.6. The van der Waals surface area contributed by atoms with Crippen LogP contribution in [-0.4, -0.2) is 41.1 Å². The third kappa shape index (κ3) is 3.93. The molecule has 1 aromatic heterocycles. The Balaban J connectivity index is 1.47. The van der Waals surface area contributed by atoms with Crippen molar-refractivity contribution < 1.29 is 18.0 Å². The van der Waals surface area contributed by atoms with E-state index in [-0.39, 0.29) is 5.75 Å². The predicted molar refractivity (Wildman–Crippen MR) is 103 cm³/mol. The third-order valence-electron chi connectivity index (χ3n) is 4.83. The lowest BCUT2D eigenvalue weighted by molar-refractivity contribution is 0.346. The maximum absolute atomic E-state index is 12.7. The van der Waals surface area contributed by atoms with Crippen LogP contribution >= 0.6 is 0 Å². The Morgan fingerprint density at radius 1 is 0.964 bits per heavy atom. The fraction of sp³-hybridized carbons (Fsp3) is 0.300. The van der Waals surface area contributed by atoms with Gasteiger partial charge in [0.05, 0.1) is 11.3 Å². The minimum atomic E-state index is -3.43. The molecule has 0 spiro atoms. The second kappa shape index (κ2) is 7.73. The maximum Gasteiger partial charge on any atom is 0.243 e. The molecule has 3 aromatic rings. The van der Waals surface area contributed by atoms with Gasteiger partial charge in [-0.15, -0.1) is 0 Å². The quantitative estimate of drug-likeness (QED) is 0.708. The average Bonchev–Trinajstić information content (AvgIpc) is 3.18. The summed E-state index contributed by atoms with van der Waals surface area (Å²) < 4.78 is 32.3. The summed E-state index contributed by atoms with van der Waals surface area (Å²) in [5.74, 6) is 1.06. The predicted octanol–water partition coefficient (Wildman–Crippen LogP) is 3.21. The van der Waals surface area contributed by atoms with Crippen molar-refractivity contribution >= 4 is 10.0 Å². The molecule has 1 aliphatic heterocycles. The molecular formula is C20H21N3O4S. The third-order valence-corrected chi connectivity index (χ3v) is 6.74. The molecule has 0 saturated carbocycles. The lowest BCUT2D eigenvalue weighted by atomic mass is 10.1. The zero-order valence-corrected chi connectivity index (χ0v) is 16.1. The van der Waals surface area contributed by atoms with E-state index in [1.54, 1.807) is 52.8 Å². The van der Waals surface area contributed by atoms with Crippen molar-refractivity contribution in [3.63, 3.8) is 0 Å². The zero-order valence-electron chi connectivity index (χ0n) is 15.3. The number of piperidine rings is 1. The molecule has 0 bridgehead atoms. The first-order valence-corrected chi connectivity index (χ1v) is 10.7. The highest BCUT2D eigenvalue weighted by atomic mass is 32.2. The van der Waals surface area contributed by atoms with E-state index in [1.807, 2.05) is 0 Å². The Bertz CT molecular complexity index is 1040. The van der Waals surface area contributed by atoms with Gasteiger partial charge in [0.25, 0.3) is 0 Å². The van der Waals surface area contributed by atoms with Gasteiger partial charge in [-0.2, -0.15) is 9.29 Å². The lowest BCUT2D eigenvalue weighted by Crippen LogP contribution is -2.35. The first-order chi connectivity index (χ1) is 13.5. The van der Waals surface area contributed by atoms with Crippen LogP contribution in [0.2, 0.25) is 0 Å². The van der Waals surface area contributed by atoms with Crippen LogP contribution in [0.5, 0.6) is 5.75 Å². The molecule has 146 valence electrons. The summed E-state index contributed by atoms with van der Waals surface area (Å²) in [6, 6.07) is 13.4. The van der Waals surface area contributed by atoms with Crippen LogP contribution in [0.3, 0.4) is 0 Å². The second-order valence-electron chi connectivity index (χ2n) is 6.84. The Morgan fingerprint density at radius 3 is 2.32 bits per heavy atom. The summed E-state index contributed by atoms with van der Waals surface area (Å²) in [6.45, 7) is 1.18. The van der Waals surface area contributed by atoms with Crippen LogP contribution in [0, 0.1) is 0 Å². The smallest absolute Gasteiger partial charge is 0.243 e. The highest BCUT2D eigenvalue weighted by Crippen LogP contribution is 2.23. The molecule has 0 aliphatic carbocycles. The number of phenolic OH excluding ortho intramolecular Hbond substituents is 1. The Labute approximate surface area is 163 Å². The van der Waals surface area contributed by atoms with Gasteiger partial charge in [-0.3, -0.25) is 0 Å². The number of nitrogens with zero attached hydrogens (tertiary/aromatic N) is 3. The topological polar surface area (TPSA) is 96.5 Å². The van der Waals surface area contributed by atoms with E-state index in [2.05, 4.69) is 10.1 Å². The summed E-state index contributed by atoms with van der Waals surface area (Å²) in [4.78, 5) is 4.68. The largest absolute Gasteiger partial charge is 0.508 e. The Hall–Kier alpha value is -2.71. The van der Waals surface area contributed by atoms with Crippen LogP contribution in [0.1, 0.15) is 30.7 Å². The van der Waals surface area contributed by atoms with Crippen molar-refractivity contribution in [2.75, 3.05) is 13.1 Å². The highest BCUT2D eigenvalue weighted by molar-refractivity contribution is 7.89. The monoisotopic (exact) mass is 399 g/mol. The molecule has 2 aromatic carbocycles. The van der Waals surface area contributed by atoms with Crippen molar-refractivity contribution in [2.45, 2.75) is 30.6 Å². The van der Waals surface area contributed by atoms with E-state index in [0.717, 1.165) is 30.4 Å². The number of benzene rings is 2. The van der Waals surface area contributed by atoms with E-state index < -0.39 is 10.0 Å². The molecule has 1 aliphatic rings. The Morgan fingerprint density at radius 2 is 1.64 bits per heavy atom. The molecule has 7 nitrogen and oxygen atoms in total. The second-order valence-corrected chi connectivity index (χ2v) is 8.78.